The first-order valence-electron chi connectivity index (χ1n) is 12.2. The molecule has 1 aromatic heterocycles. The summed E-state index contributed by atoms with van der Waals surface area (Å²) in [6.45, 7) is 4.85. The van der Waals surface area contributed by atoms with Crippen molar-refractivity contribution < 1.29 is 4.74 Å². The van der Waals surface area contributed by atoms with Gasteiger partial charge in [0.05, 0.1) is 23.5 Å². The normalized spacial score (nSPS) is 23.6. The number of nitriles is 1. The standard InChI is InChI=1S/C28H31N5O/c1-18-13-21(11-12-29)16-32-28(19(18)2)25-9-3-20(15-30)14-26(25)34-24-8-10-27(31-17-24)33-22-4-5-23(33)7-6-22/h3,8-10,13-14,16-17,19,22-23H,4-7,11-12,29H2,1-2H3. The SMILES string of the molecule is CC1=CC(CCN)=CN=C(c2ccc(C#N)cc2Oc2ccc(N3C4CCC3CC4)nc2)C1C. The summed E-state index contributed by atoms with van der Waals surface area (Å²) < 4.78 is 6.32. The van der Waals surface area contributed by atoms with E-state index >= 15 is 0 Å². The maximum Gasteiger partial charge on any atom is 0.145 e. The maximum absolute atomic E-state index is 9.49. The smallest absolute Gasteiger partial charge is 0.145 e. The van der Waals surface area contributed by atoms with Crippen LogP contribution in [0.2, 0.25) is 0 Å². The number of aliphatic imine (C=N–C) groups is 1. The first-order chi connectivity index (χ1) is 16.6. The lowest BCUT2D eigenvalue weighted by Crippen LogP contribution is -2.28. The summed E-state index contributed by atoms with van der Waals surface area (Å²) in [6, 6.07) is 13.1. The highest BCUT2D eigenvalue weighted by Gasteiger charge is 2.39. The molecule has 2 aromatic rings. The van der Waals surface area contributed by atoms with Gasteiger partial charge in [-0.15, -0.1) is 0 Å². The Morgan fingerprint density at radius 3 is 2.56 bits per heavy atom. The summed E-state index contributed by atoms with van der Waals surface area (Å²) in [7, 11) is 0. The van der Waals surface area contributed by atoms with Crippen LogP contribution in [0.5, 0.6) is 11.5 Å². The first kappa shape index (κ1) is 22.4. The van der Waals surface area contributed by atoms with Crippen LogP contribution in [0.3, 0.4) is 0 Å². The van der Waals surface area contributed by atoms with Crippen LogP contribution in [-0.2, 0) is 0 Å². The van der Waals surface area contributed by atoms with Crippen LogP contribution in [0.25, 0.3) is 0 Å². The van der Waals surface area contributed by atoms with E-state index in [1.54, 1.807) is 12.3 Å². The molecule has 4 heterocycles. The van der Waals surface area contributed by atoms with Gasteiger partial charge in [-0.3, -0.25) is 4.99 Å². The molecule has 2 fully saturated rings. The van der Waals surface area contributed by atoms with Gasteiger partial charge < -0.3 is 15.4 Å². The van der Waals surface area contributed by atoms with Crippen molar-refractivity contribution in [3.8, 4) is 17.6 Å². The van der Waals surface area contributed by atoms with Gasteiger partial charge in [-0.25, -0.2) is 4.98 Å². The molecule has 2 bridgehead atoms. The molecule has 3 aliphatic rings. The molecule has 0 radical (unpaired) electrons. The van der Waals surface area contributed by atoms with E-state index in [1.165, 1.54) is 31.3 Å². The monoisotopic (exact) mass is 453 g/mol. The second-order valence-electron chi connectivity index (χ2n) is 9.51. The van der Waals surface area contributed by atoms with Gasteiger partial charge in [0.15, 0.2) is 0 Å². The third-order valence-corrected chi connectivity index (χ3v) is 7.36. The Bertz CT molecular complexity index is 1180. The van der Waals surface area contributed by atoms with E-state index in [4.69, 9.17) is 20.4 Å². The van der Waals surface area contributed by atoms with E-state index in [-0.39, 0.29) is 5.92 Å². The van der Waals surface area contributed by atoms with Crippen molar-refractivity contribution >= 4 is 11.5 Å². The summed E-state index contributed by atoms with van der Waals surface area (Å²) in [5, 5.41) is 9.49. The highest BCUT2D eigenvalue weighted by molar-refractivity contribution is 6.06. The van der Waals surface area contributed by atoms with Crippen LogP contribution in [0, 0.1) is 17.2 Å². The zero-order valence-electron chi connectivity index (χ0n) is 19.9. The van der Waals surface area contributed by atoms with Crippen LogP contribution in [0.4, 0.5) is 5.82 Å². The van der Waals surface area contributed by atoms with E-state index in [0.717, 1.165) is 29.1 Å². The number of rotatable bonds is 6. The molecule has 1 aromatic carbocycles. The van der Waals surface area contributed by atoms with Crippen molar-refractivity contribution in [2.75, 3.05) is 11.4 Å². The summed E-state index contributed by atoms with van der Waals surface area (Å²) in [4.78, 5) is 12.0. The molecule has 0 saturated carbocycles. The third kappa shape index (κ3) is 4.24. The minimum Gasteiger partial charge on any atom is -0.455 e. The van der Waals surface area contributed by atoms with Gasteiger partial charge in [0.1, 0.15) is 17.3 Å². The quantitative estimate of drug-likeness (QED) is 0.624. The van der Waals surface area contributed by atoms with Gasteiger partial charge in [0.2, 0.25) is 0 Å². The lowest BCUT2D eigenvalue weighted by Gasteiger charge is -2.23. The van der Waals surface area contributed by atoms with Crippen LogP contribution in [0.15, 0.2) is 64.9 Å². The number of pyridine rings is 1. The Balaban J connectivity index is 1.45. The predicted molar refractivity (Wildman–Crippen MR) is 135 cm³/mol. The van der Waals surface area contributed by atoms with Crippen molar-refractivity contribution in [3.05, 3.63) is 71.1 Å². The van der Waals surface area contributed by atoms with E-state index < -0.39 is 0 Å². The van der Waals surface area contributed by atoms with Crippen LogP contribution in [-0.4, -0.2) is 29.3 Å². The fourth-order valence-electron chi connectivity index (χ4n) is 5.43. The highest BCUT2D eigenvalue weighted by atomic mass is 16.5. The number of benzene rings is 1. The van der Waals surface area contributed by atoms with E-state index in [9.17, 15) is 5.26 Å². The Morgan fingerprint density at radius 1 is 1.15 bits per heavy atom. The largest absolute Gasteiger partial charge is 0.455 e. The Hall–Kier alpha value is -3.43. The zero-order chi connectivity index (χ0) is 23.7. The fraction of sp³-hybridized carbons (Fsp3) is 0.393. The second-order valence-corrected chi connectivity index (χ2v) is 9.51. The average Bonchev–Trinajstić information content (AvgIpc) is 3.42. The summed E-state index contributed by atoms with van der Waals surface area (Å²) in [5.74, 6) is 2.40. The lowest BCUT2D eigenvalue weighted by atomic mass is 9.90. The maximum atomic E-state index is 9.49. The van der Waals surface area contributed by atoms with Gasteiger partial charge in [0.25, 0.3) is 0 Å². The number of anilines is 1. The predicted octanol–water partition coefficient (Wildman–Crippen LogP) is 5.49. The number of nitrogens with two attached hydrogens (primary N) is 1. The van der Waals surface area contributed by atoms with E-state index in [2.05, 4.69) is 37.0 Å². The van der Waals surface area contributed by atoms with Crippen LogP contribution < -0.4 is 15.4 Å². The van der Waals surface area contributed by atoms with Crippen molar-refractivity contribution in [1.29, 1.82) is 5.26 Å². The number of allylic oxidation sites excluding steroid dienone is 2. The second kappa shape index (κ2) is 9.44. The van der Waals surface area contributed by atoms with E-state index in [1.807, 2.05) is 24.4 Å². The number of hydrogen-bond acceptors (Lipinski definition) is 6. The topological polar surface area (TPSA) is 87.5 Å². The van der Waals surface area contributed by atoms with Gasteiger partial charge in [-0.1, -0.05) is 18.6 Å². The van der Waals surface area contributed by atoms with Crippen molar-refractivity contribution in [3.63, 3.8) is 0 Å². The molecule has 0 spiro atoms. The number of ether oxygens (including phenoxy) is 1. The minimum atomic E-state index is 0.105. The molecule has 2 N–H and O–H groups in total. The van der Waals surface area contributed by atoms with Gasteiger partial charge in [-0.2, -0.15) is 5.26 Å². The molecule has 2 saturated heterocycles. The van der Waals surface area contributed by atoms with Crippen molar-refractivity contribution in [1.82, 2.24) is 4.98 Å². The van der Waals surface area contributed by atoms with Gasteiger partial charge >= 0.3 is 0 Å². The minimum absolute atomic E-state index is 0.105. The molecule has 6 heteroatoms. The lowest BCUT2D eigenvalue weighted by molar-refractivity contribution is 0.478. The van der Waals surface area contributed by atoms with Crippen LogP contribution in [0.1, 0.15) is 57.1 Å². The van der Waals surface area contributed by atoms with Gasteiger partial charge in [-0.05, 0) is 81.5 Å². The molecule has 3 aliphatic heterocycles. The number of nitrogens with zero attached hydrogens (tertiary/aromatic N) is 4. The van der Waals surface area contributed by atoms with Crippen LogP contribution >= 0.6 is 0 Å². The average molecular weight is 454 g/mol. The summed E-state index contributed by atoms with van der Waals surface area (Å²) in [6.07, 6.45) is 11.7. The molecular formula is C28H31N5O. The third-order valence-electron chi connectivity index (χ3n) is 7.36. The fourth-order valence-corrected chi connectivity index (χ4v) is 5.43. The number of aromatic nitrogens is 1. The first-order valence-corrected chi connectivity index (χ1v) is 12.2. The Labute approximate surface area is 201 Å². The van der Waals surface area contributed by atoms with Crippen molar-refractivity contribution in [2.24, 2.45) is 16.6 Å². The zero-order valence-corrected chi connectivity index (χ0v) is 19.9. The molecule has 1 atom stereocenters. The number of fused-ring (bicyclic) bond motifs is 2. The molecule has 6 nitrogen and oxygen atoms in total. The summed E-state index contributed by atoms with van der Waals surface area (Å²) >= 11 is 0. The Morgan fingerprint density at radius 2 is 1.91 bits per heavy atom. The molecule has 1 unspecified atom stereocenters. The van der Waals surface area contributed by atoms with E-state index in [0.29, 0.717) is 35.7 Å². The molecular weight excluding hydrogens is 422 g/mol. The van der Waals surface area contributed by atoms with Gasteiger partial charge in [0, 0.05) is 29.8 Å². The highest BCUT2D eigenvalue weighted by Crippen LogP contribution is 2.40. The molecule has 0 amide bonds. The molecule has 174 valence electrons. The van der Waals surface area contributed by atoms with Crippen molar-refractivity contribution in [2.45, 2.75) is 58.0 Å². The Kier molecular flexibility index (Phi) is 6.21. The molecule has 34 heavy (non-hydrogen) atoms. The number of hydrogen-bond donors (Lipinski definition) is 1. The summed E-state index contributed by atoms with van der Waals surface area (Å²) in [5.41, 5.74) is 10.5. The molecule has 0 aliphatic carbocycles. The molecule has 5 rings (SSSR count).